The quantitative estimate of drug-likeness (QED) is 0.797. The van der Waals surface area contributed by atoms with Crippen LogP contribution in [0.4, 0.5) is 0 Å². The van der Waals surface area contributed by atoms with Gasteiger partial charge in [0.05, 0.1) is 22.7 Å². The molecule has 2 saturated heterocycles. The Morgan fingerprint density at radius 3 is 2.47 bits per heavy atom. The van der Waals surface area contributed by atoms with Crippen LogP contribution in [0.5, 0.6) is 0 Å². The SMILES string of the molecule is O=S1(=O)CCC(O)(C2CCOC3(CCCCC3)C2)C1. The Bertz CT molecular complexity index is 433. The Balaban J connectivity index is 1.75. The molecule has 1 saturated carbocycles. The van der Waals surface area contributed by atoms with Crippen molar-refractivity contribution < 1.29 is 18.3 Å². The maximum Gasteiger partial charge on any atom is 0.153 e. The fourth-order valence-corrected chi connectivity index (χ4v) is 6.16. The van der Waals surface area contributed by atoms with Gasteiger partial charge in [0.25, 0.3) is 0 Å². The van der Waals surface area contributed by atoms with Crippen molar-refractivity contribution in [3.63, 3.8) is 0 Å². The summed E-state index contributed by atoms with van der Waals surface area (Å²) in [4.78, 5) is 0. The molecular weight excluding hydrogens is 264 g/mol. The Labute approximate surface area is 115 Å². The minimum absolute atomic E-state index is 0.0409. The third kappa shape index (κ3) is 2.69. The van der Waals surface area contributed by atoms with Crippen molar-refractivity contribution in [1.29, 1.82) is 0 Å². The van der Waals surface area contributed by atoms with E-state index in [0.717, 1.165) is 25.7 Å². The minimum Gasteiger partial charge on any atom is -0.389 e. The molecule has 2 heterocycles. The molecule has 5 heteroatoms. The second-order valence-corrected chi connectivity index (χ2v) is 8.91. The minimum atomic E-state index is -3.04. The normalized spacial score (nSPS) is 41.4. The number of rotatable bonds is 1. The van der Waals surface area contributed by atoms with Crippen LogP contribution in [-0.2, 0) is 14.6 Å². The fraction of sp³-hybridized carbons (Fsp3) is 1.00. The topological polar surface area (TPSA) is 63.6 Å². The van der Waals surface area contributed by atoms with E-state index in [1.54, 1.807) is 0 Å². The van der Waals surface area contributed by atoms with Crippen LogP contribution in [0.2, 0.25) is 0 Å². The Kier molecular flexibility index (Phi) is 3.43. The van der Waals surface area contributed by atoms with Crippen LogP contribution in [0.25, 0.3) is 0 Å². The van der Waals surface area contributed by atoms with E-state index in [2.05, 4.69) is 0 Å². The van der Waals surface area contributed by atoms with Gasteiger partial charge < -0.3 is 9.84 Å². The van der Waals surface area contributed by atoms with Gasteiger partial charge in [-0.1, -0.05) is 19.3 Å². The van der Waals surface area contributed by atoms with Crippen LogP contribution >= 0.6 is 0 Å². The summed E-state index contributed by atoms with van der Waals surface area (Å²) >= 11 is 0. The largest absolute Gasteiger partial charge is 0.389 e. The van der Waals surface area contributed by atoms with E-state index in [0.29, 0.717) is 13.0 Å². The summed E-state index contributed by atoms with van der Waals surface area (Å²) in [7, 11) is -3.04. The predicted octanol–water partition coefficient (Wildman–Crippen LogP) is 1.67. The molecule has 1 aliphatic carbocycles. The first-order valence-electron chi connectivity index (χ1n) is 7.50. The van der Waals surface area contributed by atoms with Crippen molar-refractivity contribution in [3.05, 3.63) is 0 Å². The molecule has 1 spiro atoms. The van der Waals surface area contributed by atoms with Crippen LogP contribution in [0.15, 0.2) is 0 Å². The smallest absolute Gasteiger partial charge is 0.153 e. The van der Waals surface area contributed by atoms with Crippen LogP contribution < -0.4 is 0 Å². The van der Waals surface area contributed by atoms with E-state index in [4.69, 9.17) is 4.74 Å². The van der Waals surface area contributed by atoms with E-state index in [1.807, 2.05) is 0 Å². The van der Waals surface area contributed by atoms with Gasteiger partial charge in [0.15, 0.2) is 9.84 Å². The molecule has 3 aliphatic rings. The molecule has 0 aromatic rings. The monoisotopic (exact) mass is 288 g/mol. The zero-order valence-corrected chi connectivity index (χ0v) is 12.3. The summed E-state index contributed by atoms with van der Waals surface area (Å²) in [6.45, 7) is 0.674. The molecule has 4 nitrogen and oxygen atoms in total. The lowest BCUT2D eigenvalue weighted by molar-refractivity contribution is -0.150. The second-order valence-electron chi connectivity index (χ2n) is 6.73. The van der Waals surface area contributed by atoms with Crippen molar-refractivity contribution in [2.75, 3.05) is 18.1 Å². The van der Waals surface area contributed by atoms with Crippen LogP contribution in [0.3, 0.4) is 0 Å². The number of hydrogen-bond donors (Lipinski definition) is 1. The summed E-state index contributed by atoms with van der Waals surface area (Å²) in [5.74, 6) is 0.200. The van der Waals surface area contributed by atoms with Gasteiger partial charge in [-0.2, -0.15) is 0 Å². The summed E-state index contributed by atoms with van der Waals surface area (Å²) in [6, 6.07) is 0. The highest BCUT2D eigenvalue weighted by molar-refractivity contribution is 7.91. The summed E-state index contributed by atoms with van der Waals surface area (Å²) in [6.07, 6.45) is 7.88. The van der Waals surface area contributed by atoms with Gasteiger partial charge in [-0.05, 0) is 38.0 Å². The van der Waals surface area contributed by atoms with E-state index in [9.17, 15) is 13.5 Å². The van der Waals surface area contributed by atoms with Crippen LogP contribution in [0.1, 0.15) is 51.4 Å². The Morgan fingerprint density at radius 2 is 1.84 bits per heavy atom. The fourth-order valence-electron chi connectivity index (χ4n) is 4.21. The molecule has 0 aromatic carbocycles. The highest BCUT2D eigenvalue weighted by Gasteiger charge is 2.50. The van der Waals surface area contributed by atoms with E-state index in [-0.39, 0.29) is 23.0 Å². The van der Waals surface area contributed by atoms with Gasteiger partial charge in [-0.3, -0.25) is 0 Å². The predicted molar refractivity (Wildman–Crippen MR) is 72.7 cm³/mol. The first kappa shape index (κ1) is 13.8. The number of hydrogen-bond acceptors (Lipinski definition) is 4. The van der Waals surface area contributed by atoms with Gasteiger partial charge in [-0.15, -0.1) is 0 Å². The number of sulfone groups is 1. The van der Waals surface area contributed by atoms with Crippen LogP contribution in [-0.4, -0.2) is 42.8 Å². The van der Waals surface area contributed by atoms with Crippen molar-refractivity contribution in [3.8, 4) is 0 Å². The second kappa shape index (κ2) is 4.71. The number of ether oxygens (including phenoxy) is 1. The van der Waals surface area contributed by atoms with Crippen molar-refractivity contribution in [2.24, 2.45) is 5.92 Å². The van der Waals surface area contributed by atoms with Gasteiger partial charge >= 0.3 is 0 Å². The molecule has 3 fully saturated rings. The third-order valence-corrected chi connectivity index (χ3v) is 7.10. The average molecular weight is 288 g/mol. The first-order valence-corrected chi connectivity index (χ1v) is 9.32. The molecule has 2 atom stereocenters. The highest BCUT2D eigenvalue weighted by atomic mass is 32.2. The lowest BCUT2D eigenvalue weighted by Crippen LogP contribution is -2.50. The van der Waals surface area contributed by atoms with Crippen molar-refractivity contribution in [2.45, 2.75) is 62.6 Å². The summed E-state index contributed by atoms with van der Waals surface area (Å²) in [5.41, 5.74) is -1.06. The number of aliphatic hydroxyl groups is 1. The maximum absolute atomic E-state index is 11.7. The molecule has 0 bridgehead atoms. The molecule has 1 N–H and O–H groups in total. The molecule has 3 rings (SSSR count). The molecule has 2 aliphatic heterocycles. The lowest BCUT2D eigenvalue weighted by atomic mass is 9.70. The lowest BCUT2D eigenvalue weighted by Gasteiger charge is -2.47. The highest BCUT2D eigenvalue weighted by Crippen LogP contribution is 2.46. The zero-order chi connectivity index (χ0) is 13.6. The van der Waals surface area contributed by atoms with Gasteiger partial charge in [-0.25, -0.2) is 8.42 Å². The van der Waals surface area contributed by atoms with Crippen LogP contribution in [0, 0.1) is 5.92 Å². The van der Waals surface area contributed by atoms with E-state index < -0.39 is 15.4 Å². The summed E-state index contributed by atoms with van der Waals surface area (Å²) < 4.78 is 29.4. The zero-order valence-electron chi connectivity index (χ0n) is 11.4. The molecular formula is C14H24O4S. The molecule has 110 valence electrons. The van der Waals surface area contributed by atoms with E-state index in [1.165, 1.54) is 19.3 Å². The van der Waals surface area contributed by atoms with Gasteiger partial charge in [0.2, 0.25) is 0 Å². The first-order chi connectivity index (χ1) is 8.93. The Hall–Kier alpha value is -0.130. The molecule has 19 heavy (non-hydrogen) atoms. The third-order valence-electron chi connectivity index (χ3n) is 5.33. The molecule has 0 aromatic heterocycles. The summed E-state index contributed by atoms with van der Waals surface area (Å²) in [5, 5.41) is 10.7. The van der Waals surface area contributed by atoms with Crippen molar-refractivity contribution >= 4 is 9.84 Å². The Morgan fingerprint density at radius 1 is 1.11 bits per heavy atom. The average Bonchev–Trinajstić information content (AvgIpc) is 2.66. The molecule has 0 radical (unpaired) electrons. The standard InChI is InChI=1S/C14H24O4S/c15-14(7-9-19(16,17)11-14)12-4-8-18-13(10-12)5-2-1-3-6-13/h12,15H,1-11H2. The maximum atomic E-state index is 11.7. The van der Waals surface area contributed by atoms with Gasteiger partial charge in [0.1, 0.15) is 0 Å². The van der Waals surface area contributed by atoms with E-state index >= 15 is 0 Å². The van der Waals surface area contributed by atoms with Gasteiger partial charge in [0, 0.05) is 6.61 Å². The molecule has 2 unspecified atom stereocenters. The van der Waals surface area contributed by atoms with Crippen molar-refractivity contribution in [1.82, 2.24) is 0 Å². The molecule has 0 amide bonds.